The Hall–Kier alpha value is -5.89. The molecule has 56 heavy (non-hydrogen) atoms. The van der Waals surface area contributed by atoms with Gasteiger partial charge < -0.3 is 31.1 Å². The van der Waals surface area contributed by atoms with E-state index >= 15 is 0 Å². The zero-order valence-electron chi connectivity index (χ0n) is 32.5. The van der Waals surface area contributed by atoms with E-state index in [1.165, 1.54) is 35.0 Å². The Kier molecular flexibility index (Phi) is 13.7. The van der Waals surface area contributed by atoms with Crippen LogP contribution in [0.3, 0.4) is 0 Å². The number of aryl methyl sites for hydroxylation is 1. The quantitative estimate of drug-likeness (QED) is 0.238. The Bertz CT molecular complexity index is 2070. The number of nitrogens with one attached hydrogen (secondary N) is 4. The van der Waals surface area contributed by atoms with Gasteiger partial charge in [0.25, 0.3) is 11.8 Å². The molecule has 5 rings (SSSR count). The first kappa shape index (κ1) is 41.3. The molecule has 1 aromatic heterocycles. The summed E-state index contributed by atoms with van der Waals surface area (Å²) in [6.45, 7) is 8.21. The summed E-state index contributed by atoms with van der Waals surface area (Å²) in [5.74, 6) is -3.43. The van der Waals surface area contributed by atoms with Gasteiger partial charge in [-0.15, -0.1) is 11.3 Å². The maximum Gasteiger partial charge on any atom is 0.271 e. The van der Waals surface area contributed by atoms with E-state index in [0.717, 1.165) is 16.7 Å². The number of carbonyl (C=O) groups excluding carboxylic acids is 6. The highest BCUT2D eigenvalue weighted by Gasteiger charge is 2.31. The Morgan fingerprint density at radius 2 is 1.55 bits per heavy atom. The predicted molar refractivity (Wildman–Crippen MR) is 215 cm³/mol. The third-order valence-corrected chi connectivity index (χ3v) is 10.5. The molecule has 0 fully saturated rings. The Morgan fingerprint density at radius 3 is 2.27 bits per heavy atom. The van der Waals surface area contributed by atoms with Crippen LogP contribution in [0.1, 0.15) is 70.7 Å². The molecule has 0 unspecified atom stereocenters. The van der Waals surface area contributed by atoms with Gasteiger partial charge in [-0.1, -0.05) is 92.2 Å². The van der Waals surface area contributed by atoms with E-state index in [1.807, 2.05) is 73.7 Å². The van der Waals surface area contributed by atoms with Crippen molar-refractivity contribution in [1.29, 1.82) is 0 Å². The molecule has 0 radical (unpaired) electrons. The van der Waals surface area contributed by atoms with Crippen LogP contribution in [-0.4, -0.2) is 95.0 Å². The van der Waals surface area contributed by atoms with Gasteiger partial charge in [0.1, 0.15) is 28.8 Å². The van der Waals surface area contributed by atoms with Crippen molar-refractivity contribution in [1.82, 2.24) is 36.1 Å². The first-order valence-corrected chi connectivity index (χ1v) is 19.5. The van der Waals surface area contributed by atoms with Crippen molar-refractivity contribution in [2.75, 3.05) is 26.7 Å². The van der Waals surface area contributed by atoms with Gasteiger partial charge in [0, 0.05) is 31.1 Å². The van der Waals surface area contributed by atoms with Gasteiger partial charge in [0.2, 0.25) is 23.6 Å². The second-order valence-corrected chi connectivity index (χ2v) is 15.3. The molecule has 4 aromatic rings. The van der Waals surface area contributed by atoms with Crippen molar-refractivity contribution < 1.29 is 28.8 Å². The summed E-state index contributed by atoms with van der Waals surface area (Å²) in [5.41, 5.74) is 3.91. The van der Waals surface area contributed by atoms with Crippen LogP contribution in [0.25, 0.3) is 11.1 Å². The van der Waals surface area contributed by atoms with Crippen LogP contribution in [0, 0.1) is 12.8 Å². The summed E-state index contributed by atoms with van der Waals surface area (Å²) in [7, 11) is 1.56. The summed E-state index contributed by atoms with van der Waals surface area (Å²) >= 11 is 1.18. The number of carbonyl (C=O) groups is 6. The monoisotopic (exact) mass is 779 g/mol. The van der Waals surface area contributed by atoms with Gasteiger partial charge in [-0.05, 0) is 55.9 Å². The molecule has 0 aliphatic carbocycles. The number of thiazole rings is 1. The molecule has 294 valence electrons. The maximum atomic E-state index is 14.5. The minimum absolute atomic E-state index is 0.00913. The van der Waals surface area contributed by atoms with E-state index < -0.39 is 59.6 Å². The normalized spacial score (nSPS) is 20.7. The first-order chi connectivity index (χ1) is 26.7. The van der Waals surface area contributed by atoms with Crippen LogP contribution in [0.15, 0.2) is 84.2 Å². The molecule has 1 aliphatic heterocycles. The van der Waals surface area contributed by atoms with E-state index in [9.17, 15) is 28.8 Å². The fourth-order valence-corrected chi connectivity index (χ4v) is 7.25. The van der Waals surface area contributed by atoms with E-state index in [0.29, 0.717) is 22.6 Å². The number of hydrogen-bond acceptors (Lipinski definition) is 8. The smallest absolute Gasteiger partial charge is 0.271 e. The van der Waals surface area contributed by atoms with E-state index in [2.05, 4.69) is 26.3 Å². The molecule has 4 atom stereocenters. The van der Waals surface area contributed by atoms with Crippen LogP contribution < -0.4 is 21.3 Å². The standard InChI is InChI=1S/C42H49N7O6S/c1-25(2)36-39(53)44-28(5)41(54)48(6)19-20-49(42(55)32-18-11-10-17-31(32)30-16-12-13-26(3)21-30)23-35(50)45-33(22-29-14-8-7-9-15-29)40-46-34(24-56-40)38(52)43-27(4)37(51)47-36/h7-18,21,24-25,27-28,33,36H,19-20,22-23H2,1-6H3,(H,43,52)(H,44,53)(H,45,50)(H,47,51)/t27-,28+,33-,36-/m0/s1. The van der Waals surface area contributed by atoms with Crippen LogP contribution in [0.4, 0.5) is 0 Å². The average molecular weight is 780 g/mol. The van der Waals surface area contributed by atoms with Crippen molar-refractivity contribution in [3.63, 3.8) is 0 Å². The third-order valence-electron chi connectivity index (χ3n) is 9.58. The maximum absolute atomic E-state index is 14.5. The first-order valence-electron chi connectivity index (χ1n) is 18.6. The molecule has 3 aromatic carbocycles. The van der Waals surface area contributed by atoms with Gasteiger partial charge in [0.05, 0.1) is 12.6 Å². The second kappa shape index (κ2) is 18.6. The van der Waals surface area contributed by atoms with Gasteiger partial charge in [-0.3, -0.25) is 28.8 Å². The fourth-order valence-electron chi connectivity index (χ4n) is 6.40. The minimum Gasteiger partial charge on any atom is -0.345 e. The number of fused-ring (bicyclic) bond motifs is 2. The molecular formula is C42H49N7O6S. The fraction of sp³-hybridized carbons (Fsp3) is 0.357. The molecule has 13 nitrogen and oxygen atoms in total. The molecule has 2 heterocycles. The largest absolute Gasteiger partial charge is 0.345 e. The number of benzene rings is 3. The van der Waals surface area contributed by atoms with Crippen molar-refractivity contribution in [2.45, 2.75) is 65.2 Å². The summed E-state index contributed by atoms with van der Waals surface area (Å²) in [6, 6.07) is 20.8. The number of amides is 6. The SMILES string of the molecule is Cc1cccc(-c2ccccc2C(=O)N2CCN(C)C(=O)[C@@H](C)NC(=O)[C@H](C(C)C)NC(=O)[C@H](C)NC(=O)c3csc(n3)[C@H](Cc3ccccc3)NC(=O)C2)c1. The van der Waals surface area contributed by atoms with Gasteiger partial charge >= 0.3 is 0 Å². The van der Waals surface area contributed by atoms with Gasteiger partial charge in [-0.25, -0.2) is 4.98 Å². The molecule has 14 heteroatoms. The molecular weight excluding hydrogens is 731 g/mol. The predicted octanol–water partition coefficient (Wildman–Crippen LogP) is 3.90. The topological polar surface area (TPSA) is 170 Å². The Labute approximate surface area is 331 Å². The Balaban J connectivity index is 1.52. The van der Waals surface area contributed by atoms with Crippen molar-refractivity contribution in [3.8, 4) is 11.1 Å². The van der Waals surface area contributed by atoms with Crippen molar-refractivity contribution in [2.24, 2.45) is 5.92 Å². The number of aromatic nitrogens is 1. The average Bonchev–Trinajstić information content (AvgIpc) is 3.68. The lowest BCUT2D eigenvalue weighted by atomic mass is 9.97. The molecule has 4 N–H and O–H groups in total. The molecule has 6 amide bonds. The lowest BCUT2D eigenvalue weighted by Crippen LogP contribution is -2.57. The van der Waals surface area contributed by atoms with Crippen molar-refractivity contribution >= 4 is 46.8 Å². The molecule has 2 bridgehead atoms. The molecule has 0 spiro atoms. The Morgan fingerprint density at radius 1 is 0.839 bits per heavy atom. The van der Waals surface area contributed by atoms with E-state index in [4.69, 9.17) is 0 Å². The minimum atomic E-state index is -1.03. The highest BCUT2D eigenvalue weighted by atomic mass is 32.1. The number of likely N-dealkylation sites (N-methyl/N-ethyl adjacent to an activating group) is 1. The van der Waals surface area contributed by atoms with E-state index in [1.54, 1.807) is 38.4 Å². The van der Waals surface area contributed by atoms with Crippen molar-refractivity contribution in [3.05, 3.63) is 112 Å². The lowest BCUT2D eigenvalue weighted by Gasteiger charge is -2.29. The zero-order chi connectivity index (χ0) is 40.5. The van der Waals surface area contributed by atoms with E-state index in [-0.39, 0.29) is 31.2 Å². The number of nitrogens with zero attached hydrogens (tertiary/aromatic N) is 3. The van der Waals surface area contributed by atoms with Crippen LogP contribution >= 0.6 is 11.3 Å². The lowest BCUT2D eigenvalue weighted by molar-refractivity contribution is -0.136. The number of rotatable bonds is 5. The summed E-state index contributed by atoms with van der Waals surface area (Å²) in [6.07, 6.45) is 0.344. The van der Waals surface area contributed by atoms with Crippen LogP contribution in [-0.2, 0) is 25.6 Å². The van der Waals surface area contributed by atoms with Crippen LogP contribution in [0.2, 0.25) is 0 Å². The highest BCUT2D eigenvalue weighted by molar-refractivity contribution is 7.09. The summed E-state index contributed by atoms with van der Waals surface area (Å²) < 4.78 is 0. The summed E-state index contributed by atoms with van der Waals surface area (Å²) in [4.78, 5) is 89.5. The van der Waals surface area contributed by atoms with Gasteiger partial charge in [-0.2, -0.15) is 0 Å². The molecule has 1 aliphatic rings. The zero-order valence-corrected chi connectivity index (χ0v) is 33.3. The second-order valence-electron chi connectivity index (χ2n) is 14.4. The molecule has 0 saturated carbocycles. The third kappa shape index (κ3) is 10.4. The number of hydrogen-bond donors (Lipinski definition) is 4. The summed E-state index contributed by atoms with van der Waals surface area (Å²) in [5, 5.41) is 13.1. The highest BCUT2D eigenvalue weighted by Crippen LogP contribution is 2.27. The van der Waals surface area contributed by atoms with Crippen LogP contribution in [0.5, 0.6) is 0 Å². The molecule has 0 saturated heterocycles. The van der Waals surface area contributed by atoms with Gasteiger partial charge in [0.15, 0.2) is 0 Å².